The Labute approximate surface area is 110 Å². The molecular weight excluding hydrogens is 251 g/mol. The molecule has 0 fully saturated rings. The van der Waals surface area contributed by atoms with E-state index in [0.717, 1.165) is 6.07 Å². The molecule has 0 aliphatic carbocycles. The Morgan fingerprint density at radius 2 is 2.05 bits per heavy atom. The van der Waals surface area contributed by atoms with Crippen molar-refractivity contribution in [2.24, 2.45) is 11.7 Å². The fraction of sp³-hybridized carbons (Fsp3) is 0.385. The second-order valence-electron chi connectivity index (χ2n) is 4.62. The van der Waals surface area contributed by atoms with E-state index < -0.39 is 23.7 Å². The number of nitrogens with one attached hydrogen (secondary N) is 1. The van der Waals surface area contributed by atoms with Crippen LogP contribution in [0.15, 0.2) is 18.2 Å². The van der Waals surface area contributed by atoms with E-state index in [2.05, 4.69) is 5.32 Å². The lowest BCUT2D eigenvalue weighted by molar-refractivity contribution is -0.137. The maximum Gasteiger partial charge on any atom is 0.305 e. The zero-order chi connectivity index (χ0) is 14.6. The van der Waals surface area contributed by atoms with E-state index in [4.69, 9.17) is 10.8 Å². The van der Waals surface area contributed by atoms with Gasteiger partial charge < -0.3 is 16.2 Å². The van der Waals surface area contributed by atoms with Crippen LogP contribution in [0.25, 0.3) is 0 Å². The molecule has 1 aromatic rings. The average molecular weight is 268 g/mol. The SMILES string of the molecule is CC(C)C(CC(=O)O)Nc1cccc(F)c1C(N)=O. The molecule has 0 saturated carbocycles. The number of hydrogen-bond acceptors (Lipinski definition) is 3. The first-order valence-corrected chi connectivity index (χ1v) is 5.89. The summed E-state index contributed by atoms with van der Waals surface area (Å²) in [5.41, 5.74) is 5.10. The van der Waals surface area contributed by atoms with Gasteiger partial charge in [-0.3, -0.25) is 9.59 Å². The largest absolute Gasteiger partial charge is 0.481 e. The van der Waals surface area contributed by atoms with Crippen LogP contribution in [0.1, 0.15) is 30.6 Å². The number of carboxylic acid groups (broad SMARTS) is 1. The smallest absolute Gasteiger partial charge is 0.305 e. The molecule has 0 aliphatic rings. The van der Waals surface area contributed by atoms with Gasteiger partial charge >= 0.3 is 5.97 Å². The number of rotatable bonds is 6. The average Bonchev–Trinajstić information content (AvgIpc) is 2.26. The van der Waals surface area contributed by atoms with Crippen molar-refractivity contribution in [3.63, 3.8) is 0 Å². The van der Waals surface area contributed by atoms with E-state index >= 15 is 0 Å². The molecule has 1 rings (SSSR count). The van der Waals surface area contributed by atoms with Crippen LogP contribution in [0.2, 0.25) is 0 Å². The molecule has 5 nitrogen and oxygen atoms in total. The summed E-state index contributed by atoms with van der Waals surface area (Å²) in [4.78, 5) is 22.0. The highest BCUT2D eigenvalue weighted by atomic mass is 19.1. The minimum absolute atomic E-state index is 0.0000869. The van der Waals surface area contributed by atoms with Crippen molar-refractivity contribution in [2.45, 2.75) is 26.3 Å². The third kappa shape index (κ3) is 3.94. The van der Waals surface area contributed by atoms with Crippen LogP contribution in [-0.4, -0.2) is 23.0 Å². The third-order valence-electron chi connectivity index (χ3n) is 2.80. The summed E-state index contributed by atoms with van der Waals surface area (Å²) in [6, 6.07) is 3.65. The Balaban J connectivity index is 3.06. The van der Waals surface area contributed by atoms with E-state index in [1.54, 1.807) is 0 Å². The minimum atomic E-state index is -0.969. The summed E-state index contributed by atoms with van der Waals surface area (Å²) < 4.78 is 13.6. The van der Waals surface area contributed by atoms with Gasteiger partial charge in [-0.15, -0.1) is 0 Å². The number of carbonyl (C=O) groups excluding carboxylic acids is 1. The molecule has 0 aliphatic heterocycles. The summed E-state index contributed by atoms with van der Waals surface area (Å²) >= 11 is 0. The molecule has 0 bridgehead atoms. The van der Waals surface area contributed by atoms with E-state index in [-0.39, 0.29) is 23.6 Å². The number of hydrogen-bond donors (Lipinski definition) is 3. The van der Waals surface area contributed by atoms with E-state index in [9.17, 15) is 14.0 Å². The van der Waals surface area contributed by atoms with Crippen LogP contribution >= 0.6 is 0 Å². The molecule has 19 heavy (non-hydrogen) atoms. The molecule has 0 saturated heterocycles. The number of anilines is 1. The van der Waals surface area contributed by atoms with Gasteiger partial charge in [0.1, 0.15) is 5.82 Å². The third-order valence-corrected chi connectivity index (χ3v) is 2.80. The minimum Gasteiger partial charge on any atom is -0.481 e. The number of nitrogens with two attached hydrogens (primary N) is 1. The topological polar surface area (TPSA) is 92.4 Å². The quantitative estimate of drug-likeness (QED) is 0.734. The maximum atomic E-state index is 13.6. The summed E-state index contributed by atoms with van der Waals surface area (Å²) in [6.45, 7) is 3.67. The van der Waals surface area contributed by atoms with Gasteiger partial charge in [-0.05, 0) is 18.1 Å². The first kappa shape index (κ1) is 14.9. The summed E-state index contributed by atoms with van der Waals surface area (Å²) in [7, 11) is 0. The Morgan fingerprint density at radius 3 is 2.53 bits per heavy atom. The van der Waals surface area contributed by atoms with Gasteiger partial charge in [-0.25, -0.2) is 4.39 Å². The van der Waals surface area contributed by atoms with Gasteiger partial charge in [0.25, 0.3) is 5.91 Å². The molecule has 1 unspecified atom stereocenters. The van der Waals surface area contributed by atoms with Crippen molar-refractivity contribution >= 4 is 17.6 Å². The summed E-state index contributed by atoms with van der Waals surface area (Å²) in [6.07, 6.45) is -0.133. The highest BCUT2D eigenvalue weighted by Crippen LogP contribution is 2.22. The second kappa shape index (κ2) is 6.17. The second-order valence-corrected chi connectivity index (χ2v) is 4.62. The molecule has 0 radical (unpaired) electrons. The number of carbonyl (C=O) groups is 2. The van der Waals surface area contributed by atoms with Crippen molar-refractivity contribution in [1.29, 1.82) is 0 Å². The molecule has 1 atom stereocenters. The molecule has 6 heteroatoms. The standard InChI is InChI=1S/C13H17FN2O3/c1-7(2)10(6-11(17)18)16-9-5-3-4-8(14)12(9)13(15)19/h3-5,7,10,16H,6H2,1-2H3,(H2,15,19)(H,17,18). The fourth-order valence-corrected chi connectivity index (χ4v) is 1.74. The molecule has 0 spiro atoms. The predicted octanol–water partition coefficient (Wildman–Crippen LogP) is 1.84. The Bertz CT molecular complexity index is 489. The molecule has 0 heterocycles. The number of halogens is 1. The van der Waals surface area contributed by atoms with Crippen LogP contribution in [-0.2, 0) is 4.79 Å². The lowest BCUT2D eigenvalue weighted by Crippen LogP contribution is -2.30. The number of benzene rings is 1. The molecule has 1 aromatic carbocycles. The van der Waals surface area contributed by atoms with Crippen molar-refractivity contribution in [1.82, 2.24) is 0 Å². The van der Waals surface area contributed by atoms with Crippen LogP contribution in [0.3, 0.4) is 0 Å². The monoisotopic (exact) mass is 268 g/mol. The number of carboxylic acids is 1. The molecular formula is C13H17FN2O3. The Hall–Kier alpha value is -2.11. The van der Waals surface area contributed by atoms with Crippen molar-refractivity contribution in [3.05, 3.63) is 29.6 Å². The lowest BCUT2D eigenvalue weighted by atomic mass is 9.99. The maximum absolute atomic E-state index is 13.6. The van der Waals surface area contributed by atoms with Crippen LogP contribution < -0.4 is 11.1 Å². The number of aliphatic carboxylic acids is 1. The normalized spacial score (nSPS) is 12.2. The molecule has 1 amide bonds. The highest BCUT2D eigenvalue weighted by Gasteiger charge is 2.21. The fourth-order valence-electron chi connectivity index (χ4n) is 1.74. The van der Waals surface area contributed by atoms with Gasteiger partial charge in [0.05, 0.1) is 17.7 Å². The lowest BCUT2D eigenvalue weighted by Gasteiger charge is -2.23. The van der Waals surface area contributed by atoms with E-state index in [1.165, 1.54) is 12.1 Å². The number of amides is 1. The van der Waals surface area contributed by atoms with Crippen LogP contribution in [0.5, 0.6) is 0 Å². The van der Waals surface area contributed by atoms with Gasteiger partial charge in [-0.1, -0.05) is 19.9 Å². The zero-order valence-corrected chi connectivity index (χ0v) is 10.8. The number of primary amides is 1. The Morgan fingerprint density at radius 1 is 1.42 bits per heavy atom. The van der Waals surface area contributed by atoms with Crippen LogP contribution in [0.4, 0.5) is 10.1 Å². The van der Waals surface area contributed by atoms with Gasteiger partial charge in [0.15, 0.2) is 0 Å². The predicted molar refractivity (Wildman–Crippen MR) is 69.4 cm³/mol. The van der Waals surface area contributed by atoms with Gasteiger partial charge in [-0.2, -0.15) is 0 Å². The molecule has 104 valence electrons. The molecule has 0 aromatic heterocycles. The first-order valence-electron chi connectivity index (χ1n) is 5.89. The van der Waals surface area contributed by atoms with E-state index in [1.807, 2.05) is 13.8 Å². The zero-order valence-electron chi connectivity index (χ0n) is 10.8. The first-order chi connectivity index (χ1) is 8.82. The Kier molecular flexibility index (Phi) is 4.86. The van der Waals surface area contributed by atoms with Gasteiger partial charge in [0, 0.05) is 6.04 Å². The van der Waals surface area contributed by atoms with Crippen molar-refractivity contribution < 1.29 is 19.1 Å². The van der Waals surface area contributed by atoms with Crippen molar-refractivity contribution in [2.75, 3.05) is 5.32 Å². The highest BCUT2D eigenvalue weighted by molar-refractivity contribution is 5.98. The summed E-state index contributed by atoms with van der Waals surface area (Å²) in [5.74, 6) is -2.59. The molecule has 4 N–H and O–H groups in total. The van der Waals surface area contributed by atoms with E-state index in [0.29, 0.717) is 0 Å². The summed E-state index contributed by atoms with van der Waals surface area (Å²) in [5, 5.41) is 11.7. The van der Waals surface area contributed by atoms with Crippen LogP contribution in [0, 0.1) is 11.7 Å². The van der Waals surface area contributed by atoms with Crippen molar-refractivity contribution in [3.8, 4) is 0 Å². The van der Waals surface area contributed by atoms with Gasteiger partial charge in [0.2, 0.25) is 0 Å².